The number of primary amides is 1. The van der Waals surface area contributed by atoms with Gasteiger partial charge in [-0.3, -0.25) is 9.89 Å². The summed E-state index contributed by atoms with van der Waals surface area (Å²) in [6, 6.07) is 1.73. The van der Waals surface area contributed by atoms with Crippen LogP contribution in [-0.2, 0) is 6.42 Å². The fraction of sp³-hybridized carbons (Fsp3) is 0.462. The summed E-state index contributed by atoms with van der Waals surface area (Å²) in [6.45, 7) is 8.06. The first-order valence-electron chi connectivity index (χ1n) is 6.19. The van der Waals surface area contributed by atoms with Gasteiger partial charge in [0.15, 0.2) is 5.65 Å². The van der Waals surface area contributed by atoms with E-state index in [1.807, 2.05) is 13.8 Å². The van der Waals surface area contributed by atoms with E-state index >= 15 is 0 Å². The highest BCUT2D eigenvalue weighted by atomic mass is 16.1. The zero-order chi connectivity index (χ0) is 13.7. The van der Waals surface area contributed by atoms with E-state index < -0.39 is 5.91 Å². The minimum atomic E-state index is -0.443. The molecular formula is C13H20N4O. The number of fused-ring (bicyclic) bond motifs is 1. The Balaban J connectivity index is 0.000000492. The highest BCUT2D eigenvalue weighted by Crippen LogP contribution is 2.19. The molecule has 2 rings (SSSR count). The second kappa shape index (κ2) is 6.14. The standard InChI is InChI=1S/C10H12N4O.C3H8/c1-3-6-4-7(9(11)15)8-5(2)13-14-10(8)12-6;1-3-2/h4H,3H2,1-2H3,(H2,11,15)(H,12,13,14);3H2,1-2H3. The number of H-pyrrole nitrogens is 1. The van der Waals surface area contributed by atoms with Crippen LogP contribution in [0.5, 0.6) is 0 Å². The van der Waals surface area contributed by atoms with Crippen molar-refractivity contribution in [3.05, 3.63) is 23.0 Å². The van der Waals surface area contributed by atoms with Gasteiger partial charge in [0.25, 0.3) is 0 Å². The van der Waals surface area contributed by atoms with E-state index in [-0.39, 0.29) is 0 Å². The van der Waals surface area contributed by atoms with E-state index in [2.05, 4.69) is 29.0 Å². The van der Waals surface area contributed by atoms with Crippen molar-refractivity contribution in [3.8, 4) is 0 Å². The summed E-state index contributed by atoms with van der Waals surface area (Å²) in [5.74, 6) is -0.443. The molecular weight excluding hydrogens is 228 g/mol. The van der Waals surface area contributed by atoms with Crippen LogP contribution in [0.25, 0.3) is 11.0 Å². The van der Waals surface area contributed by atoms with Crippen LogP contribution in [0.2, 0.25) is 0 Å². The normalized spacial score (nSPS) is 10.0. The fourth-order valence-electron chi connectivity index (χ4n) is 1.60. The maximum Gasteiger partial charge on any atom is 0.249 e. The molecule has 5 heteroatoms. The monoisotopic (exact) mass is 248 g/mol. The first kappa shape index (κ1) is 14.2. The Morgan fingerprint density at radius 2 is 2.00 bits per heavy atom. The quantitative estimate of drug-likeness (QED) is 0.855. The molecule has 2 aromatic heterocycles. The molecule has 0 radical (unpaired) electrons. The van der Waals surface area contributed by atoms with Gasteiger partial charge < -0.3 is 5.73 Å². The van der Waals surface area contributed by atoms with E-state index in [0.29, 0.717) is 11.2 Å². The number of carbonyl (C=O) groups is 1. The van der Waals surface area contributed by atoms with Gasteiger partial charge >= 0.3 is 0 Å². The Kier molecular flexibility index (Phi) is 4.83. The number of nitrogens with two attached hydrogens (primary N) is 1. The lowest BCUT2D eigenvalue weighted by Crippen LogP contribution is -2.12. The Bertz CT molecular complexity index is 545. The Labute approximate surface area is 107 Å². The molecule has 18 heavy (non-hydrogen) atoms. The van der Waals surface area contributed by atoms with Gasteiger partial charge in [-0.2, -0.15) is 5.10 Å². The lowest BCUT2D eigenvalue weighted by molar-refractivity contribution is 0.100. The molecule has 0 saturated heterocycles. The van der Waals surface area contributed by atoms with Gasteiger partial charge in [-0.15, -0.1) is 0 Å². The van der Waals surface area contributed by atoms with Crippen LogP contribution < -0.4 is 5.73 Å². The highest BCUT2D eigenvalue weighted by Gasteiger charge is 2.13. The topological polar surface area (TPSA) is 84.7 Å². The van der Waals surface area contributed by atoms with E-state index in [9.17, 15) is 4.79 Å². The molecule has 0 bridgehead atoms. The molecule has 0 aliphatic carbocycles. The van der Waals surface area contributed by atoms with Crippen molar-refractivity contribution in [1.82, 2.24) is 15.2 Å². The van der Waals surface area contributed by atoms with Gasteiger partial charge in [-0.05, 0) is 19.4 Å². The molecule has 98 valence electrons. The van der Waals surface area contributed by atoms with Gasteiger partial charge in [0.05, 0.1) is 10.9 Å². The number of hydrogen-bond acceptors (Lipinski definition) is 3. The van der Waals surface area contributed by atoms with E-state index in [1.165, 1.54) is 6.42 Å². The molecule has 0 aromatic carbocycles. The van der Waals surface area contributed by atoms with Gasteiger partial charge in [0, 0.05) is 11.4 Å². The Hall–Kier alpha value is -1.91. The van der Waals surface area contributed by atoms with Crippen molar-refractivity contribution < 1.29 is 4.79 Å². The molecule has 5 nitrogen and oxygen atoms in total. The number of rotatable bonds is 2. The van der Waals surface area contributed by atoms with E-state index in [4.69, 9.17) is 5.73 Å². The first-order chi connectivity index (χ1) is 8.54. The average Bonchev–Trinajstić information content (AvgIpc) is 2.71. The molecule has 2 aromatic rings. The zero-order valence-corrected chi connectivity index (χ0v) is 11.4. The third kappa shape index (κ3) is 2.85. The zero-order valence-electron chi connectivity index (χ0n) is 11.4. The lowest BCUT2D eigenvalue weighted by atomic mass is 10.1. The van der Waals surface area contributed by atoms with Gasteiger partial charge in [0.1, 0.15) is 0 Å². The third-order valence-electron chi connectivity index (χ3n) is 2.39. The predicted octanol–water partition coefficient (Wildman–Crippen LogP) is 2.34. The molecule has 0 fully saturated rings. The fourth-order valence-corrected chi connectivity index (χ4v) is 1.60. The molecule has 0 atom stereocenters. The number of pyridine rings is 1. The van der Waals surface area contributed by atoms with Crippen molar-refractivity contribution >= 4 is 16.9 Å². The predicted molar refractivity (Wildman–Crippen MR) is 72.5 cm³/mol. The minimum absolute atomic E-state index is 0.443. The van der Waals surface area contributed by atoms with Crippen molar-refractivity contribution in [2.45, 2.75) is 40.5 Å². The minimum Gasteiger partial charge on any atom is -0.366 e. The number of hydrogen-bond donors (Lipinski definition) is 2. The van der Waals surface area contributed by atoms with Crippen molar-refractivity contribution in [3.63, 3.8) is 0 Å². The SMILES string of the molecule is CCC.CCc1cc(C(N)=O)c2c(C)[nH]nc2n1. The van der Waals surface area contributed by atoms with Crippen LogP contribution >= 0.6 is 0 Å². The van der Waals surface area contributed by atoms with Crippen LogP contribution in [-0.4, -0.2) is 21.1 Å². The number of nitrogens with one attached hydrogen (secondary N) is 1. The highest BCUT2D eigenvalue weighted by molar-refractivity contribution is 6.05. The molecule has 1 amide bonds. The van der Waals surface area contributed by atoms with Gasteiger partial charge in [-0.25, -0.2) is 4.98 Å². The Morgan fingerprint density at radius 3 is 2.50 bits per heavy atom. The number of nitrogens with zero attached hydrogens (tertiary/aromatic N) is 2. The second-order valence-electron chi connectivity index (χ2n) is 4.13. The molecule has 0 aliphatic heterocycles. The first-order valence-corrected chi connectivity index (χ1v) is 6.19. The van der Waals surface area contributed by atoms with Crippen molar-refractivity contribution in [1.29, 1.82) is 0 Å². The van der Waals surface area contributed by atoms with Crippen LogP contribution in [0.15, 0.2) is 6.07 Å². The van der Waals surface area contributed by atoms with Crippen LogP contribution in [0.3, 0.4) is 0 Å². The van der Waals surface area contributed by atoms with Crippen LogP contribution in [0.4, 0.5) is 0 Å². The lowest BCUT2D eigenvalue weighted by Gasteiger charge is -2.01. The summed E-state index contributed by atoms with van der Waals surface area (Å²) < 4.78 is 0. The van der Waals surface area contributed by atoms with E-state index in [1.54, 1.807) is 6.07 Å². The number of carbonyl (C=O) groups excluding carboxylic acids is 1. The average molecular weight is 248 g/mol. The maximum atomic E-state index is 11.3. The molecule has 3 N–H and O–H groups in total. The van der Waals surface area contributed by atoms with Gasteiger partial charge in [0.2, 0.25) is 5.91 Å². The molecule has 0 aliphatic rings. The van der Waals surface area contributed by atoms with Crippen molar-refractivity contribution in [2.75, 3.05) is 0 Å². The smallest absolute Gasteiger partial charge is 0.249 e. The summed E-state index contributed by atoms with van der Waals surface area (Å²) >= 11 is 0. The number of amides is 1. The second-order valence-corrected chi connectivity index (χ2v) is 4.13. The maximum absolute atomic E-state index is 11.3. The Morgan fingerprint density at radius 1 is 1.39 bits per heavy atom. The van der Waals surface area contributed by atoms with Crippen LogP contribution in [0, 0.1) is 6.92 Å². The largest absolute Gasteiger partial charge is 0.366 e. The summed E-state index contributed by atoms with van der Waals surface area (Å²) in [6.07, 6.45) is 2.00. The number of aromatic amines is 1. The van der Waals surface area contributed by atoms with Crippen molar-refractivity contribution in [2.24, 2.45) is 5.73 Å². The summed E-state index contributed by atoms with van der Waals surface area (Å²) in [4.78, 5) is 15.6. The molecule has 0 unspecified atom stereocenters. The molecule has 0 spiro atoms. The summed E-state index contributed by atoms with van der Waals surface area (Å²) in [5.41, 5.74) is 8.00. The number of aromatic nitrogens is 3. The third-order valence-corrected chi connectivity index (χ3v) is 2.39. The molecule has 0 saturated carbocycles. The summed E-state index contributed by atoms with van der Waals surface area (Å²) in [5, 5.41) is 7.55. The van der Waals surface area contributed by atoms with E-state index in [0.717, 1.165) is 23.2 Å². The van der Waals surface area contributed by atoms with Crippen LogP contribution in [0.1, 0.15) is 48.9 Å². The number of aryl methyl sites for hydroxylation is 2. The van der Waals surface area contributed by atoms with Gasteiger partial charge in [-0.1, -0.05) is 27.2 Å². The summed E-state index contributed by atoms with van der Waals surface area (Å²) in [7, 11) is 0. The molecule has 2 heterocycles.